The van der Waals surface area contributed by atoms with Gasteiger partial charge in [0.15, 0.2) is 0 Å². The van der Waals surface area contributed by atoms with Gasteiger partial charge in [-0.2, -0.15) is 0 Å². The van der Waals surface area contributed by atoms with Crippen LogP contribution in [0.4, 0.5) is 0 Å². The summed E-state index contributed by atoms with van der Waals surface area (Å²) in [6.45, 7) is 0. The molecule has 0 fully saturated rings. The number of benzene rings is 3. The second-order valence-corrected chi connectivity index (χ2v) is 9.99. The van der Waals surface area contributed by atoms with E-state index in [4.69, 9.17) is 39.9 Å². The van der Waals surface area contributed by atoms with Crippen molar-refractivity contribution >= 4 is 27.6 Å². The smallest absolute Gasteiger partial charge is 0.362 e. The van der Waals surface area contributed by atoms with Gasteiger partial charge in [0, 0.05) is 45.3 Å². The van der Waals surface area contributed by atoms with Crippen molar-refractivity contribution in [1.29, 1.82) is 0 Å². The van der Waals surface area contributed by atoms with Crippen molar-refractivity contribution < 1.29 is 17.1 Å². The molecular formula is C32H18FeN8. The Kier molecular flexibility index (Phi) is 5.25. The molecule has 1 aliphatic carbocycles. The third-order valence-electron chi connectivity index (χ3n) is 7.67. The zero-order valence-corrected chi connectivity index (χ0v) is 22.5. The molecule has 0 amide bonds. The summed E-state index contributed by atoms with van der Waals surface area (Å²) in [5, 5.41) is 1.80. The minimum absolute atomic E-state index is 0. The molecule has 0 spiro atoms. The fourth-order valence-electron chi connectivity index (χ4n) is 5.75. The largest absolute Gasteiger partial charge is 2.00 e. The van der Waals surface area contributed by atoms with Crippen LogP contribution in [0.5, 0.6) is 0 Å². The summed E-state index contributed by atoms with van der Waals surface area (Å²) < 4.78 is 0. The van der Waals surface area contributed by atoms with Crippen molar-refractivity contribution in [3.05, 3.63) is 103 Å². The van der Waals surface area contributed by atoms with Gasteiger partial charge in [0.25, 0.3) is 0 Å². The molecule has 3 aliphatic heterocycles. The summed E-state index contributed by atoms with van der Waals surface area (Å²) in [7, 11) is 0. The van der Waals surface area contributed by atoms with E-state index in [9.17, 15) is 0 Å². The summed E-state index contributed by atoms with van der Waals surface area (Å²) in [4.78, 5) is 39.5. The van der Waals surface area contributed by atoms with Gasteiger partial charge in [0.05, 0.1) is 23.3 Å². The molecule has 194 valence electrons. The van der Waals surface area contributed by atoms with Crippen LogP contribution in [0.1, 0.15) is 24.0 Å². The quantitative estimate of drug-likeness (QED) is 0.210. The van der Waals surface area contributed by atoms with Crippen molar-refractivity contribution in [2.45, 2.75) is 12.3 Å². The number of hydrogen-bond donors (Lipinski definition) is 0. The number of rotatable bonds is 0. The van der Waals surface area contributed by atoms with Gasteiger partial charge in [-0.1, -0.05) is 91.0 Å². The molecule has 5 aromatic rings. The summed E-state index contributed by atoms with van der Waals surface area (Å²) in [5.74, 6) is 3.62. The van der Waals surface area contributed by atoms with Crippen LogP contribution in [0.3, 0.4) is 0 Å². The van der Waals surface area contributed by atoms with Crippen LogP contribution in [-0.4, -0.2) is 29.9 Å². The van der Waals surface area contributed by atoms with Crippen LogP contribution in [-0.2, 0) is 17.1 Å². The first-order valence-electron chi connectivity index (χ1n) is 13.2. The van der Waals surface area contributed by atoms with Crippen molar-refractivity contribution in [3.8, 4) is 45.6 Å². The van der Waals surface area contributed by atoms with E-state index < -0.39 is 0 Å². The molecule has 3 aromatic carbocycles. The van der Waals surface area contributed by atoms with E-state index >= 15 is 0 Å². The van der Waals surface area contributed by atoms with Gasteiger partial charge in [-0.3, -0.25) is 0 Å². The summed E-state index contributed by atoms with van der Waals surface area (Å²) >= 11 is 0. The molecule has 0 saturated heterocycles. The molecule has 2 aromatic heterocycles. The first-order valence-corrected chi connectivity index (χ1v) is 13.2. The third kappa shape index (κ3) is 3.60. The SMILES string of the molecule is C1=CCC2C(=C1)c1nc3nc(nc4[n-]c(nc5nc(nc2[n-]1)-c1ccccc1-5)c1ccccc41)-c1ccccc1-3.[Fe+2]. The van der Waals surface area contributed by atoms with Crippen molar-refractivity contribution in [1.82, 2.24) is 39.9 Å². The monoisotopic (exact) mass is 570 g/mol. The normalized spacial score (nSPS) is 15.3. The zero-order valence-electron chi connectivity index (χ0n) is 21.4. The Morgan fingerprint density at radius 1 is 0.561 bits per heavy atom. The standard InChI is InChI=1S/C32H18N8.Fe/c1-2-10-18-17(9-1)25-33-26(18)38-28-21-13-5-6-14-22(21)30(35-28)40-32-24-16-8-7-15-23(24)31(36-32)39-29-20-12-4-3-11-19(20)27(34-29)37-25;/h1-15,24H,16H2;/q-2;+2. The average Bonchev–Trinajstić information content (AvgIpc) is 3.73. The van der Waals surface area contributed by atoms with Crippen molar-refractivity contribution in [2.75, 3.05) is 0 Å². The van der Waals surface area contributed by atoms with E-state index in [2.05, 4.69) is 18.2 Å². The third-order valence-corrected chi connectivity index (χ3v) is 7.67. The predicted molar refractivity (Wildman–Crippen MR) is 152 cm³/mol. The molecule has 41 heavy (non-hydrogen) atoms. The Hall–Kier alpha value is -4.98. The summed E-state index contributed by atoms with van der Waals surface area (Å²) in [5.41, 5.74) is 5.81. The number of nitrogens with zero attached hydrogens (tertiary/aromatic N) is 8. The van der Waals surface area contributed by atoms with Crippen LogP contribution >= 0.6 is 0 Å². The Balaban J connectivity index is 0.00000256. The van der Waals surface area contributed by atoms with Crippen LogP contribution in [0.2, 0.25) is 0 Å². The molecule has 0 radical (unpaired) electrons. The minimum atomic E-state index is 0. The first kappa shape index (κ1) is 23.9. The molecule has 5 heterocycles. The number of hydrogen-bond acceptors (Lipinski definition) is 6. The maximum Gasteiger partial charge on any atom is 2.00 e. The topological polar surface area (TPSA) is 106 Å². The van der Waals surface area contributed by atoms with E-state index in [1.807, 2.05) is 72.8 Å². The summed E-state index contributed by atoms with van der Waals surface area (Å²) in [6, 6.07) is 24.0. The number of aromatic nitrogens is 8. The molecule has 4 aliphatic rings. The van der Waals surface area contributed by atoms with Gasteiger partial charge in [0.2, 0.25) is 0 Å². The fourth-order valence-corrected chi connectivity index (χ4v) is 5.75. The van der Waals surface area contributed by atoms with Crippen LogP contribution in [0.15, 0.2) is 91.0 Å². The second-order valence-electron chi connectivity index (χ2n) is 9.99. The van der Waals surface area contributed by atoms with Gasteiger partial charge in [-0.05, 0) is 28.6 Å². The fraction of sp³-hybridized carbons (Fsp3) is 0.0625. The second kappa shape index (κ2) is 9.02. The molecule has 0 saturated carbocycles. The van der Waals surface area contributed by atoms with E-state index in [-0.39, 0.29) is 23.0 Å². The maximum atomic E-state index is 5.02. The molecule has 8 bridgehead atoms. The van der Waals surface area contributed by atoms with Gasteiger partial charge < -0.3 is 29.9 Å². The van der Waals surface area contributed by atoms with E-state index in [0.29, 0.717) is 46.2 Å². The Morgan fingerprint density at radius 2 is 1.07 bits per heavy atom. The molecule has 8 nitrogen and oxygen atoms in total. The van der Waals surface area contributed by atoms with E-state index in [0.717, 1.165) is 45.0 Å². The Labute approximate surface area is 244 Å². The number of fused-ring (bicyclic) bond motifs is 20. The molecule has 1 unspecified atom stereocenters. The summed E-state index contributed by atoms with van der Waals surface area (Å²) in [6.07, 6.45) is 7.06. The van der Waals surface area contributed by atoms with E-state index in [1.165, 1.54) is 0 Å². The predicted octanol–water partition coefficient (Wildman–Crippen LogP) is 5.82. The van der Waals surface area contributed by atoms with Gasteiger partial charge in [0.1, 0.15) is 0 Å². The Morgan fingerprint density at radius 3 is 1.66 bits per heavy atom. The Bertz CT molecular complexity index is 2170. The van der Waals surface area contributed by atoms with Crippen LogP contribution in [0, 0.1) is 0 Å². The number of allylic oxidation sites excluding steroid dienone is 4. The molecule has 1 atom stereocenters. The van der Waals surface area contributed by atoms with E-state index in [1.54, 1.807) is 0 Å². The van der Waals surface area contributed by atoms with Crippen molar-refractivity contribution in [3.63, 3.8) is 0 Å². The minimum Gasteiger partial charge on any atom is -0.362 e. The molecule has 9 rings (SSSR count). The average molecular weight is 570 g/mol. The van der Waals surface area contributed by atoms with Crippen LogP contribution in [0.25, 0.3) is 73.2 Å². The molecule has 0 N–H and O–H groups in total. The van der Waals surface area contributed by atoms with Crippen molar-refractivity contribution in [2.24, 2.45) is 0 Å². The van der Waals surface area contributed by atoms with Crippen LogP contribution < -0.4 is 9.97 Å². The zero-order chi connectivity index (χ0) is 26.2. The van der Waals surface area contributed by atoms with Gasteiger partial charge in [-0.25, -0.2) is 9.97 Å². The van der Waals surface area contributed by atoms with Gasteiger partial charge >= 0.3 is 17.1 Å². The van der Waals surface area contributed by atoms with Gasteiger partial charge in [-0.15, -0.1) is 0 Å². The molecular weight excluding hydrogens is 552 g/mol. The first-order chi connectivity index (χ1) is 19.8. The maximum absolute atomic E-state index is 5.02. The molecule has 9 heteroatoms.